The first-order chi connectivity index (χ1) is 7.50. The van der Waals surface area contributed by atoms with Crippen LogP contribution in [-0.2, 0) is 0 Å². The first kappa shape index (κ1) is 13.3. The van der Waals surface area contributed by atoms with Crippen LogP contribution in [0.15, 0.2) is 18.2 Å². The Bertz CT molecular complexity index is 353. The first-order valence-corrected chi connectivity index (χ1v) is 5.80. The number of hydrogen-bond acceptors (Lipinski definition) is 2. The standard InChI is InChI=1S/C12H17ClFNO/c1-3-12(16,4-2)8-15-11-6-5-9(13)7-10(11)14/h5-7,15-16H,3-4,8H2,1-2H3. The summed E-state index contributed by atoms with van der Waals surface area (Å²) in [7, 11) is 0. The van der Waals surface area contributed by atoms with Gasteiger partial charge in [-0.2, -0.15) is 0 Å². The third-order valence-corrected chi connectivity index (χ3v) is 3.09. The highest BCUT2D eigenvalue weighted by atomic mass is 35.5. The lowest BCUT2D eigenvalue weighted by Gasteiger charge is -2.26. The van der Waals surface area contributed by atoms with Crippen molar-refractivity contribution in [1.29, 1.82) is 0 Å². The average Bonchev–Trinajstić information content (AvgIpc) is 2.27. The van der Waals surface area contributed by atoms with E-state index >= 15 is 0 Å². The molecule has 0 fully saturated rings. The van der Waals surface area contributed by atoms with E-state index in [4.69, 9.17) is 11.6 Å². The van der Waals surface area contributed by atoms with Gasteiger partial charge in [-0.25, -0.2) is 4.39 Å². The van der Waals surface area contributed by atoms with Gasteiger partial charge >= 0.3 is 0 Å². The predicted molar refractivity (Wildman–Crippen MR) is 65.4 cm³/mol. The molecule has 0 saturated carbocycles. The maximum absolute atomic E-state index is 13.4. The summed E-state index contributed by atoms with van der Waals surface area (Å²) in [6, 6.07) is 4.44. The van der Waals surface area contributed by atoms with E-state index in [2.05, 4.69) is 5.32 Å². The van der Waals surface area contributed by atoms with E-state index in [0.717, 1.165) is 0 Å². The van der Waals surface area contributed by atoms with Gasteiger partial charge in [0.05, 0.1) is 11.3 Å². The molecular weight excluding hydrogens is 229 g/mol. The normalized spacial score (nSPS) is 11.6. The second-order valence-electron chi connectivity index (χ2n) is 3.91. The fraction of sp³-hybridized carbons (Fsp3) is 0.500. The Morgan fingerprint density at radius 1 is 1.38 bits per heavy atom. The van der Waals surface area contributed by atoms with Gasteiger partial charge in [-0.05, 0) is 31.0 Å². The van der Waals surface area contributed by atoms with Crippen molar-refractivity contribution < 1.29 is 9.50 Å². The second-order valence-corrected chi connectivity index (χ2v) is 4.35. The van der Waals surface area contributed by atoms with E-state index < -0.39 is 11.4 Å². The molecule has 1 rings (SSSR count). The Balaban J connectivity index is 2.67. The van der Waals surface area contributed by atoms with Gasteiger partial charge in [0.1, 0.15) is 5.82 Å². The van der Waals surface area contributed by atoms with Crippen LogP contribution in [0.25, 0.3) is 0 Å². The van der Waals surface area contributed by atoms with Crippen molar-refractivity contribution in [3.8, 4) is 0 Å². The molecule has 0 spiro atoms. The van der Waals surface area contributed by atoms with Crippen LogP contribution in [0.4, 0.5) is 10.1 Å². The summed E-state index contributed by atoms with van der Waals surface area (Å²) in [5, 5.41) is 13.3. The Labute approximate surface area is 100 Å². The maximum atomic E-state index is 13.4. The van der Waals surface area contributed by atoms with Crippen molar-refractivity contribution in [2.45, 2.75) is 32.3 Å². The van der Waals surface area contributed by atoms with Crippen LogP contribution >= 0.6 is 11.6 Å². The lowest BCUT2D eigenvalue weighted by atomic mass is 9.97. The molecule has 0 aromatic heterocycles. The molecule has 0 aliphatic heterocycles. The molecule has 0 atom stereocenters. The van der Waals surface area contributed by atoms with Crippen LogP contribution in [0.5, 0.6) is 0 Å². The van der Waals surface area contributed by atoms with Crippen LogP contribution < -0.4 is 5.32 Å². The molecule has 0 saturated heterocycles. The van der Waals surface area contributed by atoms with Crippen molar-refractivity contribution in [2.24, 2.45) is 0 Å². The quantitative estimate of drug-likeness (QED) is 0.833. The van der Waals surface area contributed by atoms with Crippen LogP contribution in [0, 0.1) is 5.82 Å². The highest BCUT2D eigenvalue weighted by molar-refractivity contribution is 6.30. The van der Waals surface area contributed by atoms with Gasteiger partial charge in [-0.3, -0.25) is 0 Å². The zero-order chi connectivity index (χ0) is 12.2. The van der Waals surface area contributed by atoms with Gasteiger partial charge in [0, 0.05) is 11.6 Å². The van der Waals surface area contributed by atoms with Crippen LogP contribution in [-0.4, -0.2) is 17.3 Å². The third kappa shape index (κ3) is 3.35. The number of nitrogens with one attached hydrogen (secondary N) is 1. The van der Waals surface area contributed by atoms with Crippen LogP contribution in [0.1, 0.15) is 26.7 Å². The highest BCUT2D eigenvalue weighted by Crippen LogP contribution is 2.21. The van der Waals surface area contributed by atoms with Crippen molar-refractivity contribution >= 4 is 17.3 Å². The van der Waals surface area contributed by atoms with Gasteiger partial charge in [-0.1, -0.05) is 25.4 Å². The summed E-state index contributed by atoms with van der Waals surface area (Å²) in [5.41, 5.74) is -0.420. The Kier molecular flexibility index (Phi) is 4.56. The van der Waals surface area contributed by atoms with Crippen molar-refractivity contribution in [2.75, 3.05) is 11.9 Å². The van der Waals surface area contributed by atoms with Crippen molar-refractivity contribution in [3.63, 3.8) is 0 Å². The molecule has 0 amide bonds. The Morgan fingerprint density at radius 2 is 2.00 bits per heavy atom. The van der Waals surface area contributed by atoms with Crippen molar-refractivity contribution in [3.05, 3.63) is 29.0 Å². The predicted octanol–water partition coefficient (Wildman–Crippen LogP) is 3.44. The molecule has 0 aliphatic carbocycles. The molecule has 1 aromatic carbocycles. The molecule has 0 unspecified atom stereocenters. The van der Waals surface area contributed by atoms with Gasteiger partial charge in [0.2, 0.25) is 0 Å². The second kappa shape index (κ2) is 5.51. The van der Waals surface area contributed by atoms with Gasteiger partial charge < -0.3 is 10.4 Å². The molecule has 2 N–H and O–H groups in total. The third-order valence-electron chi connectivity index (χ3n) is 2.86. The maximum Gasteiger partial charge on any atom is 0.147 e. The minimum absolute atomic E-state index is 0.332. The number of anilines is 1. The lowest BCUT2D eigenvalue weighted by molar-refractivity contribution is 0.0456. The molecule has 16 heavy (non-hydrogen) atoms. The number of hydrogen-bond donors (Lipinski definition) is 2. The minimum atomic E-state index is -0.786. The van der Waals surface area contributed by atoms with Crippen molar-refractivity contribution in [1.82, 2.24) is 0 Å². The van der Waals surface area contributed by atoms with Gasteiger partial charge in [0.15, 0.2) is 0 Å². The van der Waals surface area contributed by atoms with E-state index in [1.165, 1.54) is 6.07 Å². The molecule has 0 aliphatic rings. The summed E-state index contributed by atoms with van der Waals surface area (Å²) in [6.45, 7) is 4.14. The molecule has 0 radical (unpaired) electrons. The fourth-order valence-corrected chi connectivity index (χ4v) is 1.55. The van der Waals surface area contributed by atoms with E-state index in [1.54, 1.807) is 12.1 Å². The monoisotopic (exact) mass is 245 g/mol. The lowest BCUT2D eigenvalue weighted by Crippen LogP contribution is -2.35. The fourth-order valence-electron chi connectivity index (χ4n) is 1.39. The van der Waals surface area contributed by atoms with E-state index in [0.29, 0.717) is 30.1 Å². The zero-order valence-corrected chi connectivity index (χ0v) is 10.3. The Hall–Kier alpha value is -0.800. The molecule has 0 heterocycles. The molecular formula is C12H17ClFNO. The molecule has 90 valence electrons. The largest absolute Gasteiger partial charge is 0.388 e. The summed E-state index contributed by atoms with van der Waals surface area (Å²) in [4.78, 5) is 0. The highest BCUT2D eigenvalue weighted by Gasteiger charge is 2.21. The number of aliphatic hydroxyl groups is 1. The average molecular weight is 246 g/mol. The zero-order valence-electron chi connectivity index (χ0n) is 9.56. The Morgan fingerprint density at radius 3 is 2.50 bits per heavy atom. The van der Waals surface area contributed by atoms with Gasteiger partial charge in [0.25, 0.3) is 0 Å². The molecule has 0 bridgehead atoms. The van der Waals surface area contributed by atoms with Crippen LogP contribution in [0.2, 0.25) is 5.02 Å². The summed E-state index contributed by atoms with van der Waals surface area (Å²) in [5.74, 6) is -0.401. The molecule has 4 heteroatoms. The SMILES string of the molecule is CCC(O)(CC)CNc1ccc(Cl)cc1F. The number of halogens is 2. The summed E-state index contributed by atoms with van der Waals surface area (Å²) < 4.78 is 13.4. The van der Waals surface area contributed by atoms with E-state index in [9.17, 15) is 9.50 Å². The first-order valence-electron chi connectivity index (χ1n) is 5.42. The summed E-state index contributed by atoms with van der Waals surface area (Å²) >= 11 is 5.64. The number of benzene rings is 1. The number of rotatable bonds is 5. The van der Waals surface area contributed by atoms with Gasteiger partial charge in [-0.15, -0.1) is 0 Å². The molecule has 2 nitrogen and oxygen atoms in total. The van der Waals surface area contributed by atoms with Crippen LogP contribution in [0.3, 0.4) is 0 Å². The smallest absolute Gasteiger partial charge is 0.147 e. The van der Waals surface area contributed by atoms with E-state index in [1.807, 2.05) is 13.8 Å². The molecule has 1 aromatic rings. The topological polar surface area (TPSA) is 32.3 Å². The minimum Gasteiger partial charge on any atom is -0.388 e. The van der Waals surface area contributed by atoms with E-state index in [-0.39, 0.29) is 0 Å². The summed E-state index contributed by atoms with van der Waals surface area (Å²) in [6.07, 6.45) is 1.26.